The molecule has 0 aliphatic heterocycles. The monoisotopic (exact) mass is 225 g/mol. The molecule has 0 fully saturated rings. The van der Waals surface area contributed by atoms with Crippen molar-refractivity contribution in [2.45, 2.75) is 18.7 Å². The Labute approximate surface area is 83.3 Å². The van der Waals surface area contributed by atoms with Gasteiger partial charge < -0.3 is 5.11 Å². The fourth-order valence-electron chi connectivity index (χ4n) is 0.896. The molecule has 1 unspecified atom stereocenters. The van der Waals surface area contributed by atoms with Crippen molar-refractivity contribution in [3.05, 3.63) is 29.0 Å². The number of aromatic nitrogens is 1. The number of hydrogen-bond acceptors (Lipinski definition) is 2. The average Bonchev–Trinajstić information content (AvgIpc) is 2.07. The van der Waals surface area contributed by atoms with E-state index in [4.69, 9.17) is 16.7 Å². The van der Waals surface area contributed by atoms with E-state index >= 15 is 0 Å². The first-order chi connectivity index (χ1) is 6.41. The van der Waals surface area contributed by atoms with Crippen LogP contribution < -0.4 is 0 Å². The Morgan fingerprint density at radius 2 is 2.14 bits per heavy atom. The molecule has 1 aromatic rings. The zero-order valence-electron chi connectivity index (χ0n) is 6.92. The standard InChI is InChI=1S/C8H7ClF3NO/c9-7-5(2-1-3-13-7)4-6(14)8(10,11)12/h1-3,6,14H,4H2. The Hall–Kier alpha value is -0.810. The zero-order chi connectivity index (χ0) is 10.8. The number of nitrogens with zero attached hydrogens (tertiary/aromatic N) is 1. The van der Waals surface area contributed by atoms with Crippen molar-refractivity contribution in [3.8, 4) is 0 Å². The Morgan fingerprint density at radius 3 is 2.64 bits per heavy atom. The summed E-state index contributed by atoms with van der Waals surface area (Å²) >= 11 is 5.53. The number of rotatable bonds is 2. The van der Waals surface area contributed by atoms with Crippen LogP contribution >= 0.6 is 11.6 Å². The van der Waals surface area contributed by atoms with E-state index in [1.807, 2.05) is 0 Å². The molecule has 0 bridgehead atoms. The summed E-state index contributed by atoms with van der Waals surface area (Å²) in [4.78, 5) is 3.60. The lowest BCUT2D eigenvalue weighted by atomic mass is 10.1. The van der Waals surface area contributed by atoms with Gasteiger partial charge in [0.05, 0.1) is 0 Å². The molecule has 0 aromatic carbocycles. The third kappa shape index (κ3) is 2.85. The van der Waals surface area contributed by atoms with Crippen molar-refractivity contribution in [3.63, 3.8) is 0 Å². The maximum Gasteiger partial charge on any atom is 0.414 e. The van der Waals surface area contributed by atoms with Crippen LogP contribution in [0.5, 0.6) is 0 Å². The summed E-state index contributed by atoms with van der Waals surface area (Å²) in [7, 11) is 0. The van der Waals surface area contributed by atoms with Crippen molar-refractivity contribution < 1.29 is 18.3 Å². The van der Waals surface area contributed by atoms with Gasteiger partial charge in [0.1, 0.15) is 5.15 Å². The predicted molar refractivity (Wildman–Crippen MR) is 45.0 cm³/mol. The molecule has 1 aromatic heterocycles. The molecule has 2 nitrogen and oxygen atoms in total. The molecule has 1 N–H and O–H groups in total. The van der Waals surface area contributed by atoms with E-state index in [0.29, 0.717) is 0 Å². The summed E-state index contributed by atoms with van der Waals surface area (Å²) in [6.45, 7) is 0. The fraction of sp³-hybridized carbons (Fsp3) is 0.375. The highest BCUT2D eigenvalue weighted by Crippen LogP contribution is 2.24. The van der Waals surface area contributed by atoms with Gasteiger partial charge in [-0.2, -0.15) is 13.2 Å². The lowest BCUT2D eigenvalue weighted by molar-refractivity contribution is -0.203. The van der Waals surface area contributed by atoms with Crippen LogP contribution in [0.25, 0.3) is 0 Å². The van der Waals surface area contributed by atoms with Gasteiger partial charge in [-0.25, -0.2) is 4.98 Å². The summed E-state index contributed by atoms with van der Waals surface area (Å²) in [6.07, 6.45) is -6.23. The molecule has 78 valence electrons. The van der Waals surface area contributed by atoms with Gasteiger partial charge in [-0.1, -0.05) is 17.7 Å². The third-order valence-electron chi connectivity index (χ3n) is 1.63. The molecule has 1 atom stereocenters. The van der Waals surface area contributed by atoms with Crippen LogP contribution in [-0.2, 0) is 6.42 Å². The second kappa shape index (κ2) is 4.14. The molecular weight excluding hydrogens is 219 g/mol. The van der Waals surface area contributed by atoms with Crippen LogP contribution in [0.1, 0.15) is 5.56 Å². The van der Waals surface area contributed by atoms with Gasteiger partial charge in [-0.05, 0) is 11.6 Å². The smallest absolute Gasteiger partial charge is 0.383 e. The fourth-order valence-corrected chi connectivity index (χ4v) is 1.09. The highest BCUT2D eigenvalue weighted by Gasteiger charge is 2.38. The number of pyridine rings is 1. The van der Waals surface area contributed by atoms with Gasteiger partial charge in [0, 0.05) is 12.6 Å². The van der Waals surface area contributed by atoms with Crippen molar-refractivity contribution in [1.82, 2.24) is 4.98 Å². The van der Waals surface area contributed by atoms with E-state index < -0.39 is 18.7 Å². The minimum atomic E-state index is -4.63. The molecule has 14 heavy (non-hydrogen) atoms. The number of aliphatic hydroxyl groups is 1. The highest BCUT2D eigenvalue weighted by molar-refractivity contribution is 6.30. The Morgan fingerprint density at radius 1 is 1.50 bits per heavy atom. The number of halogens is 4. The van der Waals surface area contributed by atoms with Crippen LogP contribution in [0.3, 0.4) is 0 Å². The summed E-state index contributed by atoms with van der Waals surface area (Å²) in [5, 5.41) is 8.73. The largest absolute Gasteiger partial charge is 0.414 e. The van der Waals surface area contributed by atoms with Gasteiger partial charge in [-0.3, -0.25) is 0 Å². The van der Waals surface area contributed by atoms with Gasteiger partial charge >= 0.3 is 6.18 Å². The maximum atomic E-state index is 12.0. The lowest BCUT2D eigenvalue weighted by Gasteiger charge is -2.14. The van der Waals surface area contributed by atoms with E-state index in [1.165, 1.54) is 18.3 Å². The van der Waals surface area contributed by atoms with Crippen molar-refractivity contribution >= 4 is 11.6 Å². The van der Waals surface area contributed by atoms with E-state index in [2.05, 4.69) is 4.98 Å². The Kier molecular flexibility index (Phi) is 3.34. The summed E-state index contributed by atoms with van der Waals surface area (Å²) < 4.78 is 35.9. The lowest BCUT2D eigenvalue weighted by Crippen LogP contribution is -2.30. The van der Waals surface area contributed by atoms with E-state index in [-0.39, 0.29) is 10.7 Å². The van der Waals surface area contributed by atoms with Crippen LogP contribution in [-0.4, -0.2) is 22.4 Å². The average molecular weight is 226 g/mol. The quantitative estimate of drug-likeness (QED) is 0.783. The van der Waals surface area contributed by atoms with E-state index in [0.717, 1.165) is 0 Å². The first kappa shape index (κ1) is 11.3. The van der Waals surface area contributed by atoms with Gasteiger partial charge in [0.15, 0.2) is 6.10 Å². The molecule has 0 radical (unpaired) electrons. The summed E-state index contributed by atoms with van der Waals surface area (Å²) in [6, 6.07) is 2.86. The zero-order valence-corrected chi connectivity index (χ0v) is 7.68. The summed E-state index contributed by atoms with van der Waals surface area (Å²) in [5.41, 5.74) is 0.180. The SMILES string of the molecule is OC(Cc1cccnc1Cl)C(F)(F)F. The van der Waals surface area contributed by atoms with E-state index in [1.54, 1.807) is 0 Å². The molecule has 0 saturated heterocycles. The highest BCUT2D eigenvalue weighted by atomic mass is 35.5. The molecular formula is C8H7ClF3NO. The van der Waals surface area contributed by atoms with Crippen LogP contribution in [0.15, 0.2) is 18.3 Å². The van der Waals surface area contributed by atoms with Crippen molar-refractivity contribution in [2.24, 2.45) is 0 Å². The van der Waals surface area contributed by atoms with Gasteiger partial charge in [0.25, 0.3) is 0 Å². The van der Waals surface area contributed by atoms with E-state index in [9.17, 15) is 13.2 Å². The predicted octanol–water partition coefficient (Wildman–Crippen LogP) is 2.20. The van der Waals surface area contributed by atoms with Crippen LogP contribution in [0.2, 0.25) is 5.15 Å². The number of alkyl halides is 3. The Bertz CT molecular complexity index is 316. The summed E-state index contributed by atoms with van der Waals surface area (Å²) in [5.74, 6) is 0. The Balaban J connectivity index is 2.75. The molecule has 0 amide bonds. The molecule has 0 aliphatic rings. The molecule has 6 heteroatoms. The molecule has 1 rings (SSSR count). The minimum absolute atomic E-state index is 0.0178. The maximum absolute atomic E-state index is 12.0. The third-order valence-corrected chi connectivity index (χ3v) is 1.97. The second-order valence-electron chi connectivity index (χ2n) is 2.71. The molecule has 0 aliphatic carbocycles. The molecule has 1 heterocycles. The van der Waals surface area contributed by atoms with Crippen LogP contribution in [0.4, 0.5) is 13.2 Å². The first-order valence-corrected chi connectivity index (χ1v) is 4.13. The van der Waals surface area contributed by atoms with Crippen molar-refractivity contribution in [1.29, 1.82) is 0 Å². The minimum Gasteiger partial charge on any atom is -0.383 e. The van der Waals surface area contributed by atoms with Crippen molar-refractivity contribution in [2.75, 3.05) is 0 Å². The molecule has 0 saturated carbocycles. The second-order valence-corrected chi connectivity index (χ2v) is 3.07. The number of hydrogen-bond donors (Lipinski definition) is 1. The van der Waals surface area contributed by atoms with Gasteiger partial charge in [0.2, 0.25) is 0 Å². The normalized spacial score (nSPS) is 14.1. The topological polar surface area (TPSA) is 33.1 Å². The first-order valence-electron chi connectivity index (χ1n) is 3.75. The van der Waals surface area contributed by atoms with Crippen LogP contribution in [0, 0.1) is 0 Å². The number of aliphatic hydroxyl groups excluding tert-OH is 1. The van der Waals surface area contributed by atoms with Gasteiger partial charge in [-0.15, -0.1) is 0 Å². The molecule has 0 spiro atoms.